The van der Waals surface area contributed by atoms with Crippen LogP contribution in [-0.4, -0.2) is 9.13 Å². The Balaban J connectivity index is 1.29. The van der Waals surface area contributed by atoms with Gasteiger partial charge in [-0.25, -0.2) is 4.85 Å². The second kappa shape index (κ2) is 21.6. The van der Waals surface area contributed by atoms with Gasteiger partial charge in [-0.1, -0.05) is 78.9 Å². The highest BCUT2D eigenvalue weighted by Crippen LogP contribution is 2.50. The lowest BCUT2D eigenvalue weighted by atomic mass is 9.92. The van der Waals surface area contributed by atoms with Gasteiger partial charge in [-0.3, -0.25) is 0 Å². The molecule has 2 heterocycles. The Morgan fingerprint density at radius 2 is 0.609 bits per heavy atom. The topological polar surface area (TPSA) is 14.2 Å². The summed E-state index contributed by atoms with van der Waals surface area (Å²) in [7, 11) is 0. The SMILES string of the molecule is [C-]#[N+]c1cc(-n2c3cc(-c4cc(C)cc(C(F)(F)F)c4)ccc3c3ccc(-c4cc(C(F)(F)F)cc(C(F)(F)F)c4)cc32)c(-n2c3cc(-c4cc(C)cc(C(F)(F)F)c4)ccc3c3ccc(-c4cc(C)cc(C(F)(F)F)c4)cc32)cc1-c1c(C)cccc1C(F)(F)F. The Morgan fingerprint density at radius 3 is 0.913 bits per heavy atom. The lowest BCUT2D eigenvalue weighted by Crippen LogP contribution is -2.11. The summed E-state index contributed by atoms with van der Waals surface area (Å²) in [5.74, 6) is 0. The number of benzene rings is 10. The number of alkyl halides is 18. The van der Waals surface area contributed by atoms with E-state index in [0.717, 1.165) is 48.5 Å². The molecule has 0 saturated carbocycles. The molecular weight excluding hydrogens is 1240 g/mol. The van der Waals surface area contributed by atoms with Crippen molar-refractivity contribution in [2.24, 2.45) is 0 Å². The predicted molar refractivity (Wildman–Crippen MR) is 318 cm³/mol. The van der Waals surface area contributed by atoms with E-state index in [0.29, 0.717) is 22.9 Å². The van der Waals surface area contributed by atoms with Crippen LogP contribution in [0.2, 0.25) is 0 Å². The molecule has 0 aliphatic heterocycles. The van der Waals surface area contributed by atoms with E-state index in [1.807, 2.05) is 0 Å². The average Bonchev–Trinajstić information content (AvgIpc) is 1.53. The van der Waals surface area contributed by atoms with Gasteiger partial charge in [0, 0.05) is 21.5 Å². The van der Waals surface area contributed by atoms with Crippen LogP contribution < -0.4 is 0 Å². The normalized spacial score (nSPS) is 12.9. The van der Waals surface area contributed by atoms with Gasteiger partial charge in [-0.05, 0) is 203 Å². The van der Waals surface area contributed by atoms with Crippen molar-refractivity contribution < 1.29 is 79.0 Å². The van der Waals surface area contributed by atoms with Crippen LogP contribution in [0.1, 0.15) is 55.6 Å². The van der Waals surface area contributed by atoms with Crippen LogP contribution in [-0.2, 0) is 37.1 Å². The first-order valence-corrected chi connectivity index (χ1v) is 27.7. The maximum absolute atomic E-state index is 15.5. The third-order valence-electron chi connectivity index (χ3n) is 16.2. The molecule has 3 nitrogen and oxygen atoms in total. The molecule has 12 rings (SSSR count). The predicted octanol–water partition coefficient (Wildman–Crippen LogP) is 24.1. The number of rotatable bonds is 7. The first-order valence-electron chi connectivity index (χ1n) is 27.7. The van der Waals surface area contributed by atoms with Gasteiger partial charge < -0.3 is 9.13 Å². The molecule has 0 saturated heterocycles. The molecule has 92 heavy (non-hydrogen) atoms. The van der Waals surface area contributed by atoms with Crippen molar-refractivity contribution in [2.45, 2.75) is 64.8 Å². The molecule has 0 aliphatic carbocycles. The molecule has 0 atom stereocenters. The largest absolute Gasteiger partial charge is 0.416 e. The van der Waals surface area contributed by atoms with Gasteiger partial charge in [0.2, 0.25) is 0 Å². The van der Waals surface area contributed by atoms with Crippen molar-refractivity contribution in [2.75, 3.05) is 0 Å². The smallest absolute Gasteiger partial charge is 0.308 e. The first kappa shape index (κ1) is 62.2. The van der Waals surface area contributed by atoms with Gasteiger partial charge in [0.1, 0.15) is 0 Å². The van der Waals surface area contributed by atoms with E-state index in [9.17, 15) is 65.9 Å². The van der Waals surface area contributed by atoms with Crippen molar-refractivity contribution in [1.82, 2.24) is 9.13 Å². The fourth-order valence-electron chi connectivity index (χ4n) is 12.2. The molecule has 21 heteroatoms. The van der Waals surface area contributed by atoms with Crippen LogP contribution in [0.5, 0.6) is 0 Å². The summed E-state index contributed by atoms with van der Waals surface area (Å²) in [4.78, 5) is 3.76. The summed E-state index contributed by atoms with van der Waals surface area (Å²) in [5, 5.41) is 1.06. The zero-order valence-electron chi connectivity index (χ0n) is 47.9. The number of fused-ring (bicyclic) bond motifs is 6. The molecular formula is C71H41F18N3. The molecule has 10 aromatic carbocycles. The van der Waals surface area contributed by atoms with Crippen LogP contribution in [0.3, 0.4) is 0 Å². The molecule has 0 amide bonds. The van der Waals surface area contributed by atoms with Crippen LogP contribution in [0.25, 0.3) is 115 Å². The van der Waals surface area contributed by atoms with E-state index in [1.165, 1.54) is 134 Å². The molecule has 0 N–H and O–H groups in total. The van der Waals surface area contributed by atoms with Crippen molar-refractivity contribution in [1.29, 1.82) is 0 Å². The van der Waals surface area contributed by atoms with E-state index in [2.05, 4.69) is 4.85 Å². The van der Waals surface area contributed by atoms with E-state index in [4.69, 9.17) is 6.57 Å². The molecule has 2 aromatic heterocycles. The molecule has 0 radical (unpaired) electrons. The lowest BCUT2D eigenvalue weighted by molar-refractivity contribution is -0.143. The zero-order valence-corrected chi connectivity index (χ0v) is 47.9. The van der Waals surface area contributed by atoms with Crippen molar-refractivity contribution in [3.05, 3.63) is 243 Å². The highest BCUT2D eigenvalue weighted by Gasteiger charge is 2.39. The molecule has 0 spiro atoms. The Kier molecular flexibility index (Phi) is 14.6. The second-order valence-electron chi connectivity index (χ2n) is 22.6. The summed E-state index contributed by atoms with van der Waals surface area (Å²) in [6.45, 7) is 14.3. The van der Waals surface area contributed by atoms with Crippen LogP contribution in [0, 0.1) is 34.3 Å². The highest BCUT2D eigenvalue weighted by molar-refractivity contribution is 6.14. The Hall–Kier alpha value is -9.97. The quantitative estimate of drug-likeness (QED) is 0.112. The maximum Gasteiger partial charge on any atom is 0.416 e. The summed E-state index contributed by atoms with van der Waals surface area (Å²) < 4.78 is 268. The summed E-state index contributed by atoms with van der Waals surface area (Å²) in [6.07, 6.45) is -30.3. The van der Waals surface area contributed by atoms with Gasteiger partial charge >= 0.3 is 37.1 Å². The zero-order chi connectivity index (χ0) is 66.3. The van der Waals surface area contributed by atoms with E-state index < -0.39 is 87.3 Å². The minimum atomic E-state index is -5.31. The number of nitrogens with zero attached hydrogens (tertiary/aromatic N) is 3. The van der Waals surface area contributed by atoms with E-state index in [-0.39, 0.29) is 117 Å². The van der Waals surface area contributed by atoms with Gasteiger partial charge in [0.15, 0.2) is 5.69 Å². The third kappa shape index (κ3) is 11.3. The summed E-state index contributed by atoms with van der Waals surface area (Å²) >= 11 is 0. The molecule has 0 aliphatic rings. The summed E-state index contributed by atoms with van der Waals surface area (Å²) in [5.41, 5.74) is -9.05. The summed E-state index contributed by atoms with van der Waals surface area (Å²) in [6, 6.07) is 33.6. The van der Waals surface area contributed by atoms with Crippen LogP contribution >= 0.6 is 0 Å². The van der Waals surface area contributed by atoms with Crippen LogP contribution in [0.4, 0.5) is 84.7 Å². The fourth-order valence-corrected chi connectivity index (χ4v) is 12.2. The van der Waals surface area contributed by atoms with Crippen molar-refractivity contribution in [3.8, 4) is 67.0 Å². The standard InChI is InChI=1S/C71H41F18N3/c1-35-17-43(23-47(20-35)66(72,73)74)39-9-13-52-53-14-10-40(44-18-36(2)21-48(24-44)67(75,76)77)29-60(53)91(59(52)28-39)63-33-56(65-38(4)7-6-8-57(65)71(87,88)89)58(90-5)34-64(63)92-61-30-41(45-19-37(3)22-49(25-45)68(78,79)80)11-15-54(61)55-16-12-42(31-62(55)92)46-26-50(69(81,82)83)32-51(27-46)70(84,85)86/h6-34H,1-4H3. The number of aryl methyl sites for hydroxylation is 4. The Labute approximate surface area is 510 Å². The molecule has 12 aromatic rings. The Bertz CT molecular complexity index is 4920. The van der Waals surface area contributed by atoms with Gasteiger partial charge in [-0.2, -0.15) is 79.0 Å². The van der Waals surface area contributed by atoms with Gasteiger partial charge in [0.25, 0.3) is 0 Å². The average molecular weight is 1280 g/mol. The molecule has 0 fully saturated rings. The van der Waals surface area contributed by atoms with Crippen molar-refractivity contribution in [3.63, 3.8) is 0 Å². The number of aromatic nitrogens is 2. The number of hydrogen-bond acceptors (Lipinski definition) is 0. The number of hydrogen-bond donors (Lipinski definition) is 0. The van der Waals surface area contributed by atoms with Crippen LogP contribution in [0.15, 0.2) is 176 Å². The fraction of sp³-hybridized carbons (Fsp3) is 0.141. The van der Waals surface area contributed by atoms with Gasteiger partial charge in [0.05, 0.1) is 73.4 Å². The minimum absolute atomic E-state index is 0.00288. The molecule has 466 valence electrons. The van der Waals surface area contributed by atoms with E-state index >= 15 is 13.2 Å². The lowest BCUT2D eigenvalue weighted by Gasteiger charge is -2.22. The highest BCUT2D eigenvalue weighted by atomic mass is 19.4. The molecule has 0 unspecified atom stereocenters. The second-order valence-corrected chi connectivity index (χ2v) is 22.6. The minimum Gasteiger partial charge on any atom is -0.308 e. The first-order chi connectivity index (χ1) is 42.9. The monoisotopic (exact) mass is 1280 g/mol. The van der Waals surface area contributed by atoms with Crippen molar-refractivity contribution >= 4 is 49.3 Å². The van der Waals surface area contributed by atoms with Gasteiger partial charge in [-0.15, -0.1) is 0 Å². The molecule has 0 bridgehead atoms. The maximum atomic E-state index is 15.5. The number of halogens is 18. The van der Waals surface area contributed by atoms with E-state index in [1.54, 1.807) is 12.1 Å². The third-order valence-corrected chi connectivity index (χ3v) is 16.2. The Morgan fingerprint density at radius 1 is 0.304 bits per heavy atom.